The number of nitrogens with one attached hydrogen (secondary N) is 2. The second kappa shape index (κ2) is 5.11. The first-order chi connectivity index (χ1) is 7.70. The molecule has 0 spiro atoms. The summed E-state index contributed by atoms with van der Waals surface area (Å²) in [6.07, 6.45) is 1.14. The molecule has 1 rings (SSSR count). The standard InChI is InChI=1S/C9H18N4O3S/c1-7-8(12-16-11-7)5-10-6-9(2,3)13-17(4,14)15/h10,13H,5-6H2,1-4H3. The third-order valence-electron chi connectivity index (χ3n) is 2.07. The Morgan fingerprint density at radius 3 is 2.47 bits per heavy atom. The fourth-order valence-corrected chi connectivity index (χ4v) is 2.52. The average molecular weight is 262 g/mol. The summed E-state index contributed by atoms with van der Waals surface area (Å²) in [4.78, 5) is 0. The summed E-state index contributed by atoms with van der Waals surface area (Å²) in [5, 5.41) is 10.5. The van der Waals surface area contributed by atoms with E-state index in [1.165, 1.54) is 0 Å². The molecule has 0 amide bonds. The van der Waals surface area contributed by atoms with Gasteiger partial charge in [0.2, 0.25) is 10.0 Å². The largest absolute Gasteiger partial charge is 0.309 e. The fourth-order valence-electron chi connectivity index (χ4n) is 1.44. The van der Waals surface area contributed by atoms with Crippen molar-refractivity contribution in [2.75, 3.05) is 12.8 Å². The quantitative estimate of drug-likeness (QED) is 0.736. The van der Waals surface area contributed by atoms with Crippen molar-refractivity contribution in [3.05, 3.63) is 11.4 Å². The Balaban J connectivity index is 2.43. The van der Waals surface area contributed by atoms with Gasteiger partial charge in [-0.3, -0.25) is 0 Å². The maximum atomic E-state index is 11.1. The zero-order valence-electron chi connectivity index (χ0n) is 10.4. The summed E-state index contributed by atoms with van der Waals surface area (Å²) in [7, 11) is -3.21. The summed E-state index contributed by atoms with van der Waals surface area (Å²) in [5.74, 6) is 0. The highest BCUT2D eigenvalue weighted by atomic mass is 32.2. The van der Waals surface area contributed by atoms with Crippen molar-refractivity contribution >= 4 is 10.0 Å². The molecule has 1 heterocycles. The SMILES string of the molecule is Cc1nonc1CNCC(C)(C)NS(C)(=O)=O. The van der Waals surface area contributed by atoms with Crippen LogP contribution in [0.2, 0.25) is 0 Å². The smallest absolute Gasteiger partial charge is 0.209 e. The van der Waals surface area contributed by atoms with Crippen molar-refractivity contribution in [1.29, 1.82) is 0 Å². The molecule has 8 heteroatoms. The van der Waals surface area contributed by atoms with Gasteiger partial charge in [-0.15, -0.1) is 0 Å². The van der Waals surface area contributed by atoms with Crippen LogP contribution in [0.1, 0.15) is 25.2 Å². The van der Waals surface area contributed by atoms with Crippen LogP contribution in [0, 0.1) is 6.92 Å². The van der Waals surface area contributed by atoms with E-state index in [-0.39, 0.29) is 0 Å². The molecule has 17 heavy (non-hydrogen) atoms. The summed E-state index contributed by atoms with van der Waals surface area (Å²) >= 11 is 0. The van der Waals surface area contributed by atoms with E-state index in [0.717, 1.165) is 17.6 Å². The summed E-state index contributed by atoms with van der Waals surface area (Å²) in [6, 6.07) is 0. The van der Waals surface area contributed by atoms with Gasteiger partial charge in [-0.25, -0.2) is 17.8 Å². The number of rotatable bonds is 6. The maximum Gasteiger partial charge on any atom is 0.209 e. The van der Waals surface area contributed by atoms with Crippen molar-refractivity contribution in [2.45, 2.75) is 32.9 Å². The second-order valence-corrected chi connectivity index (χ2v) is 6.41. The van der Waals surface area contributed by atoms with Crippen molar-refractivity contribution < 1.29 is 13.0 Å². The zero-order chi connectivity index (χ0) is 13.1. The van der Waals surface area contributed by atoms with Crippen LogP contribution in [-0.2, 0) is 16.6 Å². The molecule has 1 aromatic heterocycles. The predicted molar refractivity (Wildman–Crippen MR) is 62.8 cm³/mol. The van der Waals surface area contributed by atoms with Crippen LogP contribution < -0.4 is 10.0 Å². The fraction of sp³-hybridized carbons (Fsp3) is 0.778. The van der Waals surface area contributed by atoms with E-state index in [2.05, 4.69) is 25.0 Å². The van der Waals surface area contributed by atoms with E-state index >= 15 is 0 Å². The van der Waals surface area contributed by atoms with Crippen LogP contribution >= 0.6 is 0 Å². The maximum absolute atomic E-state index is 11.1. The first-order valence-corrected chi connectivity index (χ1v) is 7.06. The third-order valence-corrected chi connectivity index (χ3v) is 2.99. The van der Waals surface area contributed by atoms with Gasteiger partial charge < -0.3 is 5.32 Å². The molecule has 0 atom stereocenters. The van der Waals surface area contributed by atoms with Gasteiger partial charge in [0, 0.05) is 18.6 Å². The number of nitrogens with zero attached hydrogens (tertiary/aromatic N) is 2. The molecule has 1 aromatic rings. The first-order valence-electron chi connectivity index (χ1n) is 5.17. The van der Waals surface area contributed by atoms with E-state index in [0.29, 0.717) is 13.1 Å². The highest BCUT2D eigenvalue weighted by molar-refractivity contribution is 7.88. The number of sulfonamides is 1. The third kappa shape index (κ3) is 5.24. The van der Waals surface area contributed by atoms with Gasteiger partial charge in [0.1, 0.15) is 11.4 Å². The van der Waals surface area contributed by atoms with Crippen molar-refractivity contribution in [1.82, 2.24) is 20.4 Å². The molecule has 0 fully saturated rings. The van der Waals surface area contributed by atoms with Gasteiger partial charge in [0.25, 0.3) is 0 Å². The van der Waals surface area contributed by atoms with E-state index < -0.39 is 15.6 Å². The molecule has 98 valence electrons. The molecule has 0 radical (unpaired) electrons. The lowest BCUT2D eigenvalue weighted by Gasteiger charge is -2.25. The van der Waals surface area contributed by atoms with Gasteiger partial charge in [0.05, 0.1) is 6.26 Å². The molecular formula is C9H18N4O3S. The van der Waals surface area contributed by atoms with Gasteiger partial charge in [-0.2, -0.15) is 0 Å². The Morgan fingerprint density at radius 2 is 2.00 bits per heavy atom. The Labute approximate surface area is 101 Å². The molecule has 7 nitrogen and oxygen atoms in total. The monoisotopic (exact) mass is 262 g/mol. The van der Waals surface area contributed by atoms with Crippen LogP contribution in [0.15, 0.2) is 4.63 Å². The minimum atomic E-state index is -3.21. The van der Waals surface area contributed by atoms with E-state index in [9.17, 15) is 8.42 Å². The van der Waals surface area contributed by atoms with E-state index in [1.54, 1.807) is 20.8 Å². The highest BCUT2D eigenvalue weighted by Crippen LogP contribution is 2.04. The minimum absolute atomic E-state index is 0.479. The molecule has 0 saturated heterocycles. The molecule has 0 saturated carbocycles. The lowest BCUT2D eigenvalue weighted by Crippen LogP contribution is -2.49. The number of aromatic nitrogens is 2. The molecule has 0 aliphatic carbocycles. The van der Waals surface area contributed by atoms with Crippen LogP contribution in [0.3, 0.4) is 0 Å². The van der Waals surface area contributed by atoms with Gasteiger partial charge in [-0.1, -0.05) is 10.3 Å². The normalized spacial score (nSPS) is 12.9. The van der Waals surface area contributed by atoms with Crippen molar-refractivity contribution in [3.8, 4) is 0 Å². The number of hydrogen-bond acceptors (Lipinski definition) is 6. The predicted octanol–water partition coefficient (Wildman–Crippen LogP) is -0.205. The summed E-state index contributed by atoms with van der Waals surface area (Å²) < 4.78 is 29.3. The Bertz CT molecular complexity index is 466. The summed E-state index contributed by atoms with van der Waals surface area (Å²) in [6.45, 7) is 6.37. The second-order valence-electron chi connectivity index (χ2n) is 4.66. The lowest BCUT2D eigenvalue weighted by molar-refractivity contribution is 0.299. The first kappa shape index (κ1) is 14.1. The molecule has 0 bridgehead atoms. The molecule has 0 aliphatic heterocycles. The lowest BCUT2D eigenvalue weighted by atomic mass is 10.1. The van der Waals surface area contributed by atoms with Gasteiger partial charge in [-0.05, 0) is 20.8 Å². The topological polar surface area (TPSA) is 97.1 Å². The van der Waals surface area contributed by atoms with Crippen LogP contribution in [0.4, 0.5) is 0 Å². The minimum Gasteiger partial charge on any atom is -0.309 e. The average Bonchev–Trinajstić information content (AvgIpc) is 2.47. The van der Waals surface area contributed by atoms with Crippen molar-refractivity contribution in [2.24, 2.45) is 0 Å². The molecule has 0 aliphatic rings. The zero-order valence-corrected chi connectivity index (χ0v) is 11.3. The Kier molecular flexibility index (Phi) is 4.23. The van der Waals surface area contributed by atoms with Crippen LogP contribution in [0.5, 0.6) is 0 Å². The van der Waals surface area contributed by atoms with Gasteiger partial charge >= 0.3 is 0 Å². The summed E-state index contributed by atoms with van der Waals surface area (Å²) in [5.41, 5.74) is 0.894. The van der Waals surface area contributed by atoms with E-state index in [1.807, 2.05) is 0 Å². The Morgan fingerprint density at radius 1 is 1.35 bits per heavy atom. The van der Waals surface area contributed by atoms with Gasteiger partial charge in [0.15, 0.2) is 0 Å². The Hall–Kier alpha value is -0.990. The van der Waals surface area contributed by atoms with E-state index in [4.69, 9.17) is 0 Å². The molecule has 0 unspecified atom stereocenters. The molecule has 2 N–H and O–H groups in total. The number of hydrogen-bond donors (Lipinski definition) is 2. The highest BCUT2D eigenvalue weighted by Gasteiger charge is 2.21. The molecular weight excluding hydrogens is 244 g/mol. The van der Waals surface area contributed by atoms with Crippen LogP contribution in [0.25, 0.3) is 0 Å². The van der Waals surface area contributed by atoms with Crippen LogP contribution in [-0.4, -0.2) is 37.1 Å². The molecule has 0 aromatic carbocycles. The van der Waals surface area contributed by atoms with Crippen molar-refractivity contribution in [3.63, 3.8) is 0 Å². The number of aryl methyl sites for hydroxylation is 1.